The van der Waals surface area contributed by atoms with Crippen LogP contribution in [0.5, 0.6) is 0 Å². The predicted molar refractivity (Wildman–Crippen MR) is 85.3 cm³/mol. The molecule has 1 heterocycles. The predicted octanol–water partition coefficient (Wildman–Crippen LogP) is 3.01. The quantitative estimate of drug-likeness (QED) is 0.644. The number of hydrogen-bond acceptors (Lipinski definition) is 2. The number of aromatic amines is 2. The molecule has 4 heteroatoms. The molecule has 0 aliphatic heterocycles. The molecule has 3 N–H and O–H groups in total. The van der Waals surface area contributed by atoms with Crippen molar-refractivity contribution in [2.45, 2.75) is 13.0 Å². The highest BCUT2D eigenvalue weighted by Gasteiger charge is 2.07. The molecule has 3 rings (SSSR count). The zero-order valence-corrected chi connectivity index (χ0v) is 11.6. The SMILES string of the molecule is C#Cc1cccc(NC(C)c2ccc3[nH]c(=O)[nH]c3c2)c1. The van der Waals surface area contributed by atoms with E-state index in [1.807, 2.05) is 42.5 Å². The van der Waals surface area contributed by atoms with Crippen LogP contribution in [0.15, 0.2) is 47.3 Å². The Kier molecular flexibility index (Phi) is 3.25. The van der Waals surface area contributed by atoms with Gasteiger partial charge in [0.1, 0.15) is 0 Å². The number of terminal acetylenes is 1. The van der Waals surface area contributed by atoms with Crippen molar-refractivity contribution >= 4 is 16.7 Å². The molecule has 1 unspecified atom stereocenters. The molecule has 0 aliphatic carbocycles. The standard InChI is InChI=1S/C17H15N3O/c1-3-12-5-4-6-14(9-12)18-11(2)13-7-8-15-16(10-13)20-17(21)19-15/h1,4-11,18H,2H3,(H2,19,20,21). The minimum absolute atomic E-state index is 0.0980. The van der Waals surface area contributed by atoms with Gasteiger partial charge in [0.25, 0.3) is 0 Å². The topological polar surface area (TPSA) is 60.7 Å². The monoisotopic (exact) mass is 277 g/mol. The average molecular weight is 277 g/mol. The van der Waals surface area contributed by atoms with Crippen molar-refractivity contribution in [1.29, 1.82) is 0 Å². The van der Waals surface area contributed by atoms with E-state index in [4.69, 9.17) is 6.42 Å². The van der Waals surface area contributed by atoms with Crippen LogP contribution in [0, 0.1) is 12.3 Å². The molecule has 1 aromatic heterocycles. The van der Waals surface area contributed by atoms with Crippen molar-refractivity contribution < 1.29 is 0 Å². The first-order chi connectivity index (χ1) is 10.2. The van der Waals surface area contributed by atoms with Gasteiger partial charge >= 0.3 is 5.69 Å². The first-order valence-corrected chi connectivity index (χ1v) is 6.71. The third-order valence-electron chi connectivity index (χ3n) is 3.45. The van der Waals surface area contributed by atoms with Crippen LogP contribution in [-0.2, 0) is 0 Å². The summed E-state index contributed by atoms with van der Waals surface area (Å²) in [7, 11) is 0. The fourth-order valence-electron chi connectivity index (χ4n) is 2.35. The Morgan fingerprint density at radius 1 is 1.14 bits per heavy atom. The lowest BCUT2D eigenvalue weighted by Crippen LogP contribution is -2.06. The molecular formula is C17H15N3O. The Labute approximate surface area is 122 Å². The van der Waals surface area contributed by atoms with Gasteiger partial charge in [0, 0.05) is 17.3 Å². The third kappa shape index (κ3) is 2.67. The summed E-state index contributed by atoms with van der Waals surface area (Å²) in [5.41, 5.74) is 4.33. The van der Waals surface area contributed by atoms with Gasteiger partial charge in [-0.1, -0.05) is 18.1 Å². The van der Waals surface area contributed by atoms with Crippen molar-refractivity contribution in [3.05, 3.63) is 64.1 Å². The van der Waals surface area contributed by atoms with Gasteiger partial charge in [-0.3, -0.25) is 0 Å². The van der Waals surface area contributed by atoms with Crippen LogP contribution in [0.3, 0.4) is 0 Å². The zero-order chi connectivity index (χ0) is 14.8. The molecule has 0 saturated carbocycles. The number of hydrogen-bond donors (Lipinski definition) is 3. The van der Waals surface area contributed by atoms with E-state index in [0.717, 1.165) is 27.8 Å². The highest BCUT2D eigenvalue weighted by Crippen LogP contribution is 2.22. The van der Waals surface area contributed by atoms with Gasteiger partial charge in [-0.05, 0) is 42.8 Å². The maximum Gasteiger partial charge on any atom is 0.323 e. The van der Waals surface area contributed by atoms with E-state index >= 15 is 0 Å². The van der Waals surface area contributed by atoms with Crippen LogP contribution < -0.4 is 11.0 Å². The number of nitrogens with one attached hydrogen (secondary N) is 3. The Morgan fingerprint density at radius 3 is 2.76 bits per heavy atom. The number of fused-ring (bicyclic) bond motifs is 1. The molecule has 3 aromatic rings. The lowest BCUT2D eigenvalue weighted by atomic mass is 10.1. The van der Waals surface area contributed by atoms with Gasteiger partial charge in [0.05, 0.1) is 11.0 Å². The molecule has 0 fully saturated rings. The van der Waals surface area contributed by atoms with Gasteiger partial charge in [0.15, 0.2) is 0 Å². The molecule has 0 radical (unpaired) electrons. The third-order valence-corrected chi connectivity index (χ3v) is 3.45. The summed E-state index contributed by atoms with van der Waals surface area (Å²) >= 11 is 0. The second-order valence-electron chi connectivity index (χ2n) is 4.98. The number of anilines is 1. The van der Waals surface area contributed by atoms with E-state index in [2.05, 4.69) is 28.1 Å². The minimum atomic E-state index is -0.190. The van der Waals surface area contributed by atoms with Gasteiger partial charge in [-0.15, -0.1) is 6.42 Å². The molecule has 0 amide bonds. The minimum Gasteiger partial charge on any atom is -0.378 e. The second kappa shape index (κ2) is 5.22. The van der Waals surface area contributed by atoms with Crippen molar-refractivity contribution in [1.82, 2.24) is 9.97 Å². The number of benzene rings is 2. The van der Waals surface area contributed by atoms with Gasteiger partial charge in [0.2, 0.25) is 0 Å². The first kappa shape index (κ1) is 13.1. The Bertz CT molecular complexity index is 883. The Balaban J connectivity index is 1.87. The van der Waals surface area contributed by atoms with E-state index in [-0.39, 0.29) is 11.7 Å². The van der Waals surface area contributed by atoms with E-state index in [1.165, 1.54) is 0 Å². The van der Waals surface area contributed by atoms with Crippen LogP contribution in [0.4, 0.5) is 5.69 Å². The van der Waals surface area contributed by atoms with Crippen LogP contribution in [-0.4, -0.2) is 9.97 Å². The van der Waals surface area contributed by atoms with Crippen LogP contribution in [0.25, 0.3) is 11.0 Å². The average Bonchev–Trinajstić information content (AvgIpc) is 2.86. The molecule has 0 saturated heterocycles. The normalized spacial score (nSPS) is 12.0. The van der Waals surface area contributed by atoms with E-state index in [1.54, 1.807) is 0 Å². The van der Waals surface area contributed by atoms with Crippen molar-refractivity contribution in [2.24, 2.45) is 0 Å². The molecule has 1 atom stereocenters. The van der Waals surface area contributed by atoms with Crippen LogP contribution in [0.2, 0.25) is 0 Å². The lowest BCUT2D eigenvalue weighted by Gasteiger charge is -2.16. The fraction of sp³-hybridized carbons (Fsp3) is 0.118. The van der Waals surface area contributed by atoms with Crippen LogP contribution in [0.1, 0.15) is 24.1 Å². The van der Waals surface area contributed by atoms with Crippen molar-refractivity contribution in [3.63, 3.8) is 0 Å². The summed E-state index contributed by atoms with van der Waals surface area (Å²) in [6.07, 6.45) is 5.41. The molecule has 0 bridgehead atoms. The summed E-state index contributed by atoms with van der Waals surface area (Å²) in [6, 6.07) is 13.7. The maximum absolute atomic E-state index is 11.3. The van der Waals surface area contributed by atoms with E-state index in [9.17, 15) is 4.79 Å². The highest BCUT2D eigenvalue weighted by molar-refractivity contribution is 5.75. The van der Waals surface area contributed by atoms with E-state index < -0.39 is 0 Å². The summed E-state index contributed by atoms with van der Waals surface area (Å²) in [4.78, 5) is 16.8. The Morgan fingerprint density at radius 2 is 1.95 bits per heavy atom. The largest absolute Gasteiger partial charge is 0.378 e. The number of imidazole rings is 1. The van der Waals surface area contributed by atoms with Gasteiger partial charge < -0.3 is 15.3 Å². The van der Waals surface area contributed by atoms with Crippen molar-refractivity contribution in [3.8, 4) is 12.3 Å². The number of rotatable bonds is 3. The second-order valence-corrected chi connectivity index (χ2v) is 4.98. The molecule has 4 nitrogen and oxygen atoms in total. The Hall–Kier alpha value is -2.93. The zero-order valence-electron chi connectivity index (χ0n) is 11.6. The molecule has 0 aliphatic rings. The summed E-state index contributed by atoms with van der Waals surface area (Å²) in [5, 5.41) is 3.41. The number of H-pyrrole nitrogens is 2. The van der Waals surface area contributed by atoms with Gasteiger partial charge in [-0.25, -0.2) is 4.79 Å². The smallest absolute Gasteiger partial charge is 0.323 e. The van der Waals surface area contributed by atoms with Gasteiger partial charge in [-0.2, -0.15) is 0 Å². The molecule has 0 spiro atoms. The molecular weight excluding hydrogens is 262 g/mol. The lowest BCUT2D eigenvalue weighted by molar-refractivity contribution is 0.886. The number of aromatic nitrogens is 2. The van der Waals surface area contributed by atoms with Crippen LogP contribution >= 0.6 is 0 Å². The molecule has 2 aromatic carbocycles. The molecule has 21 heavy (non-hydrogen) atoms. The summed E-state index contributed by atoms with van der Waals surface area (Å²) < 4.78 is 0. The highest BCUT2D eigenvalue weighted by atomic mass is 16.1. The summed E-state index contributed by atoms with van der Waals surface area (Å²) in [6.45, 7) is 2.06. The van der Waals surface area contributed by atoms with Crippen molar-refractivity contribution in [2.75, 3.05) is 5.32 Å². The maximum atomic E-state index is 11.3. The van der Waals surface area contributed by atoms with E-state index in [0.29, 0.717) is 0 Å². The fourth-order valence-corrected chi connectivity index (χ4v) is 2.35. The molecule has 104 valence electrons. The summed E-state index contributed by atoms with van der Waals surface area (Å²) in [5.74, 6) is 2.62. The first-order valence-electron chi connectivity index (χ1n) is 6.71.